The van der Waals surface area contributed by atoms with Crippen molar-refractivity contribution in [3.8, 4) is 0 Å². The fourth-order valence-electron chi connectivity index (χ4n) is 1.62. The molecule has 1 fully saturated rings. The average molecular weight is 186 g/mol. The van der Waals surface area contributed by atoms with E-state index in [1.807, 2.05) is 7.05 Å². The number of nitrogens with one attached hydrogen (secondary N) is 2. The Balaban J connectivity index is 1.86. The molecule has 1 heterocycles. The van der Waals surface area contributed by atoms with E-state index in [1.54, 1.807) is 0 Å². The third-order valence-corrected chi connectivity index (χ3v) is 2.43. The zero-order valence-corrected chi connectivity index (χ0v) is 8.64. The van der Waals surface area contributed by atoms with Gasteiger partial charge in [0, 0.05) is 13.2 Å². The normalized spacial score (nSPS) is 23.3. The molecule has 1 rings (SSSR count). The smallest absolute Gasteiger partial charge is 0.0699 e. The van der Waals surface area contributed by atoms with Gasteiger partial charge in [-0.2, -0.15) is 0 Å². The molecule has 78 valence electrons. The van der Waals surface area contributed by atoms with E-state index in [9.17, 15) is 0 Å². The van der Waals surface area contributed by atoms with Crippen molar-refractivity contribution in [3.63, 3.8) is 0 Å². The van der Waals surface area contributed by atoms with Crippen LogP contribution in [0.1, 0.15) is 25.7 Å². The highest BCUT2D eigenvalue weighted by atomic mass is 16.5. The lowest BCUT2D eigenvalue weighted by atomic mass is 10.1. The summed E-state index contributed by atoms with van der Waals surface area (Å²) < 4.78 is 5.61. The first-order valence-corrected chi connectivity index (χ1v) is 5.40. The van der Waals surface area contributed by atoms with Gasteiger partial charge < -0.3 is 15.4 Å². The summed E-state index contributed by atoms with van der Waals surface area (Å²) in [6.07, 6.45) is 5.49. The van der Waals surface area contributed by atoms with Crippen LogP contribution in [0.3, 0.4) is 0 Å². The molecule has 0 aromatic heterocycles. The molecule has 0 saturated carbocycles. The van der Waals surface area contributed by atoms with Crippen molar-refractivity contribution in [1.29, 1.82) is 0 Å². The van der Waals surface area contributed by atoms with Crippen molar-refractivity contribution < 1.29 is 4.74 Å². The van der Waals surface area contributed by atoms with Gasteiger partial charge in [-0.15, -0.1) is 0 Å². The molecule has 0 aliphatic carbocycles. The molecule has 2 N–H and O–H groups in total. The molecular weight excluding hydrogens is 164 g/mol. The van der Waals surface area contributed by atoms with Gasteiger partial charge in [0.05, 0.1) is 6.10 Å². The van der Waals surface area contributed by atoms with Crippen LogP contribution in [0.4, 0.5) is 0 Å². The minimum absolute atomic E-state index is 0.475. The Morgan fingerprint density at radius 3 is 2.92 bits per heavy atom. The molecule has 0 aromatic rings. The Bertz CT molecular complexity index is 113. The zero-order chi connectivity index (χ0) is 9.36. The Morgan fingerprint density at radius 1 is 1.31 bits per heavy atom. The maximum absolute atomic E-state index is 5.61. The van der Waals surface area contributed by atoms with E-state index in [2.05, 4.69) is 10.6 Å². The molecule has 3 heteroatoms. The summed E-state index contributed by atoms with van der Waals surface area (Å²) in [5.41, 5.74) is 0. The molecule has 13 heavy (non-hydrogen) atoms. The van der Waals surface area contributed by atoms with Crippen LogP contribution in [0.2, 0.25) is 0 Å². The molecule has 0 bridgehead atoms. The Kier molecular flexibility index (Phi) is 6.15. The molecule has 0 radical (unpaired) electrons. The van der Waals surface area contributed by atoms with Gasteiger partial charge in [0.15, 0.2) is 0 Å². The van der Waals surface area contributed by atoms with Crippen LogP contribution in [0.25, 0.3) is 0 Å². The predicted octanol–water partition coefficient (Wildman–Crippen LogP) is 0.755. The van der Waals surface area contributed by atoms with Crippen LogP contribution in [0.5, 0.6) is 0 Å². The molecule has 0 spiro atoms. The van der Waals surface area contributed by atoms with Crippen LogP contribution < -0.4 is 10.6 Å². The largest absolute Gasteiger partial charge is 0.377 e. The van der Waals surface area contributed by atoms with Crippen LogP contribution in [-0.4, -0.2) is 39.4 Å². The van der Waals surface area contributed by atoms with Crippen molar-refractivity contribution in [3.05, 3.63) is 0 Å². The van der Waals surface area contributed by atoms with Crippen molar-refractivity contribution >= 4 is 0 Å². The lowest BCUT2D eigenvalue weighted by Gasteiger charge is -2.22. The van der Waals surface area contributed by atoms with Gasteiger partial charge in [-0.05, 0) is 45.8 Å². The van der Waals surface area contributed by atoms with Gasteiger partial charge in [0.25, 0.3) is 0 Å². The second-order valence-corrected chi connectivity index (χ2v) is 3.65. The van der Waals surface area contributed by atoms with Gasteiger partial charge in [-0.1, -0.05) is 0 Å². The maximum atomic E-state index is 5.61. The van der Waals surface area contributed by atoms with Crippen molar-refractivity contribution in [1.82, 2.24) is 10.6 Å². The summed E-state index contributed by atoms with van der Waals surface area (Å²) in [4.78, 5) is 0. The van der Waals surface area contributed by atoms with Crippen molar-refractivity contribution in [2.45, 2.75) is 31.8 Å². The molecule has 1 unspecified atom stereocenters. The topological polar surface area (TPSA) is 33.3 Å². The van der Waals surface area contributed by atoms with E-state index >= 15 is 0 Å². The summed E-state index contributed by atoms with van der Waals surface area (Å²) in [5, 5.41) is 6.56. The standard InChI is InChI=1S/C10H22N2O/c1-11-6-4-7-12-9-10-5-2-3-8-13-10/h10-12H,2-9H2,1H3. The predicted molar refractivity (Wildman–Crippen MR) is 55.0 cm³/mol. The molecule has 0 amide bonds. The van der Waals surface area contributed by atoms with Gasteiger partial charge in [-0.3, -0.25) is 0 Å². The van der Waals surface area contributed by atoms with Crippen molar-refractivity contribution in [2.75, 3.05) is 33.3 Å². The highest BCUT2D eigenvalue weighted by Crippen LogP contribution is 2.11. The van der Waals surface area contributed by atoms with E-state index in [0.717, 1.165) is 26.2 Å². The molecular formula is C10H22N2O. The lowest BCUT2D eigenvalue weighted by Crippen LogP contribution is -2.32. The fraction of sp³-hybridized carbons (Fsp3) is 1.00. The monoisotopic (exact) mass is 186 g/mol. The van der Waals surface area contributed by atoms with E-state index in [-0.39, 0.29) is 0 Å². The van der Waals surface area contributed by atoms with Crippen molar-refractivity contribution in [2.24, 2.45) is 0 Å². The summed E-state index contributed by atoms with van der Waals surface area (Å²) >= 11 is 0. The Morgan fingerprint density at radius 2 is 2.23 bits per heavy atom. The van der Waals surface area contributed by atoms with E-state index in [4.69, 9.17) is 4.74 Å². The number of hydrogen-bond acceptors (Lipinski definition) is 3. The first-order chi connectivity index (χ1) is 6.43. The highest BCUT2D eigenvalue weighted by molar-refractivity contribution is 4.66. The third-order valence-electron chi connectivity index (χ3n) is 2.43. The summed E-state index contributed by atoms with van der Waals surface area (Å²) in [7, 11) is 1.99. The minimum Gasteiger partial charge on any atom is -0.377 e. The molecule has 3 nitrogen and oxygen atoms in total. The maximum Gasteiger partial charge on any atom is 0.0699 e. The minimum atomic E-state index is 0.475. The quantitative estimate of drug-likeness (QED) is 0.601. The van der Waals surface area contributed by atoms with E-state index in [1.165, 1.54) is 25.7 Å². The first-order valence-electron chi connectivity index (χ1n) is 5.40. The fourth-order valence-corrected chi connectivity index (χ4v) is 1.62. The SMILES string of the molecule is CNCCCNCC1CCCCO1. The summed E-state index contributed by atoms with van der Waals surface area (Å²) in [5.74, 6) is 0. The first kappa shape index (κ1) is 11.0. The Labute approximate surface area is 81.2 Å². The molecule has 1 aliphatic rings. The summed E-state index contributed by atoms with van der Waals surface area (Å²) in [6, 6.07) is 0. The molecule has 0 aromatic carbocycles. The number of rotatable bonds is 6. The molecule has 1 atom stereocenters. The van der Waals surface area contributed by atoms with Gasteiger partial charge >= 0.3 is 0 Å². The Hall–Kier alpha value is -0.120. The van der Waals surface area contributed by atoms with Crippen LogP contribution in [0, 0.1) is 0 Å². The third kappa shape index (κ3) is 5.24. The van der Waals surface area contributed by atoms with Crippen LogP contribution in [0.15, 0.2) is 0 Å². The summed E-state index contributed by atoms with van der Waals surface area (Å²) in [6.45, 7) is 4.19. The second kappa shape index (κ2) is 7.30. The van der Waals surface area contributed by atoms with Gasteiger partial charge in [-0.25, -0.2) is 0 Å². The van der Waals surface area contributed by atoms with Gasteiger partial charge in [0.1, 0.15) is 0 Å². The average Bonchev–Trinajstić information content (AvgIpc) is 2.19. The van der Waals surface area contributed by atoms with Crippen LogP contribution >= 0.6 is 0 Å². The lowest BCUT2D eigenvalue weighted by molar-refractivity contribution is 0.0170. The number of ether oxygens (including phenoxy) is 1. The zero-order valence-electron chi connectivity index (χ0n) is 8.64. The van der Waals surface area contributed by atoms with Crippen LogP contribution in [-0.2, 0) is 4.74 Å². The highest BCUT2D eigenvalue weighted by Gasteiger charge is 2.12. The second-order valence-electron chi connectivity index (χ2n) is 3.65. The van der Waals surface area contributed by atoms with E-state index in [0.29, 0.717) is 6.10 Å². The molecule has 1 saturated heterocycles. The number of hydrogen-bond donors (Lipinski definition) is 2. The van der Waals surface area contributed by atoms with E-state index < -0.39 is 0 Å². The molecule has 1 aliphatic heterocycles. The van der Waals surface area contributed by atoms with Gasteiger partial charge in [0.2, 0.25) is 0 Å².